The lowest BCUT2D eigenvalue weighted by Crippen LogP contribution is -2.19. The predicted molar refractivity (Wildman–Crippen MR) is 68.4 cm³/mol. The molecule has 0 radical (unpaired) electrons. The third-order valence-corrected chi connectivity index (χ3v) is 3.00. The third kappa shape index (κ3) is 2.59. The summed E-state index contributed by atoms with van der Waals surface area (Å²) in [6, 6.07) is 9.31. The van der Waals surface area contributed by atoms with Gasteiger partial charge >= 0.3 is 5.97 Å². The van der Waals surface area contributed by atoms with Gasteiger partial charge in [0.05, 0.1) is 5.92 Å². The molecule has 0 aliphatic heterocycles. The van der Waals surface area contributed by atoms with Gasteiger partial charge in [0, 0.05) is 25.4 Å². The van der Waals surface area contributed by atoms with E-state index in [1.165, 1.54) is 0 Å². The average Bonchev–Trinajstić information content (AvgIpc) is 2.83. The molecule has 4 nitrogen and oxygen atoms in total. The topological polar surface area (TPSA) is 55.1 Å². The van der Waals surface area contributed by atoms with E-state index in [-0.39, 0.29) is 0 Å². The monoisotopic (exact) mass is 244 g/mol. The highest BCUT2D eigenvalue weighted by Crippen LogP contribution is 2.19. The van der Waals surface area contributed by atoms with Gasteiger partial charge in [-0.1, -0.05) is 37.3 Å². The van der Waals surface area contributed by atoms with Gasteiger partial charge in [-0.3, -0.25) is 4.79 Å². The zero-order valence-corrected chi connectivity index (χ0v) is 10.3. The molecule has 0 fully saturated rings. The van der Waals surface area contributed by atoms with Crippen molar-refractivity contribution in [1.82, 2.24) is 9.55 Å². The maximum Gasteiger partial charge on any atom is 0.312 e. The number of carboxylic acids is 1. The molecule has 1 aromatic heterocycles. The van der Waals surface area contributed by atoms with E-state index < -0.39 is 11.9 Å². The number of aryl methyl sites for hydroxylation is 1. The number of carboxylic acid groups (broad SMARTS) is 1. The molecule has 0 saturated carbocycles. The molecule has 18 heavy (non-hydrogen) atoms. The van der Waals surface area contributed by atoms with Crippen molar-refractivity contribution in [3.05, 3.63) is 54.1 Å². The Bertz CT molecular complexity index is 520. The maximum atomic E-state index is 11.4. The van der Waals surface area contributed by atoms with Gasteiger partial charge in [0.1, 0.15) is 5.82 Å². The van der Waals surface area contributed by atoms with Crippen molar-refractivity contribution in [2.75, 3.05) is 0 Å². The first-order chi connectivity index (χ1) is 8.72. The molecular formula is C14H16N2O2. The molecule has 0 aliphatic carbocycles. The van der Waals surface area contributed by atoms with Gasteiger partial charge in [-0.15, -0.1) is 0 Å². The SMILES string of the molecule is CCc1nccn1CC(C(=O)O)c1ccccc1. The number of rotatable bonds is 5. The summed E-state index contributed by atoms with van der Waals surface area (Å²) in [5.74, 6) is -0.431. The van der Waals surface area contributed by atoms with E-state index >= 15 is 0 Å². The number of nitrogens with zero attached hydrogens (tertiary/aromatic N) is 2. The van der Waals surface area contributed by atoms with Crippen LogP contribution in [0.2, 0.25) is 0 Å². The van der Waals surface area contributed by atoms with Crippen LogP contribution >= 0.6 is 0 Å². The minimum absolute atomic E-state index is 0.419. The Hall–Kier alpha value is -2.10. The van der Waals surface area contributed by atoms with E-state index in [1.54, 1.807) is 6.20 Å². The molecule has 0 bridgehead atoms. The number of aromatic nitrogens is 2. The first-order valence-electron chi connectivity index (χ1n) is 6.00. The molecule has 1 aromatic carbocycles. The molecule has 0 amide bonds. The number of imidazole rings is 1. The standard InChI is InChI=1S/C14H16N2O2/c1-2-13-15-8-9-16(13)10-12(14(17)18)11-6-4-3-5-7-11/h3-9,12H,2,10H2,1H3,(H,17,18). The summed E-state index contributed by atoms with van der Waals surface area (Å²) in [6.45, 7) is 2.43. The summed E-state index contributed by atoms with van der Waals surface area (Å²) in [5.41, 5.74) is 0.820. The lowest BCUT2D eigenvalue weighted by Gasteiger charge is -2.15. The summed E-state index contributed by atoms with van der Waals surface area (Å²) in [6.07, 6.45) is 4.34. The Kier molecular flexibility index (Phi) is 3.77. The molecule has 1 atom stereocenters. The van der Waals surface area contributed by atoms with Crippen LogP contribution in [-0.2, 0) is 17.8 Å². The first-order valence-corrected chi connectivity index (χ1v) is 6.00. The molecule has 94 valence electrons. The lowest BCUT2D eigenvalue weighted by molar-refractivity contribution is -0.139. The zero-order chi connectivity index (χ0) is 13.0. The number of aliphatic carboxylic acids is 1. The number of hydrogen-bond acceptors (Lipinski definition) is 2. The van der Waals surface area contributed by atoms with E-state index in [0.717, 1.165) is 17.8 Å². The molecule has 1 N–H and O–H groups in total. The van der Waals surface area contributed by atoms with Crippen LogP contribution in [0.25, 0.3) is 0 Å². The summed E-state index contributed by atoms with van der Waals surface area (Å²) in [5, 5.41) is 9.36. The van der Waals surface area contributed by atoms with Crippen LogP contribution in [0.4, 0.5) is 0 Å². The summed E-state index contributed by atoms with van der Waals surface area (Å²) >= 11 is 0. The second kappa shape index (κ2) is 5.49. The minimum atomic E-state index is -0.808. The van der Waals surface area contributed by atoms with E-state index in [9.17, 15) is 9.90 Å². The first kappa shape index (κ1) is 12.4. The maximum absolute atomic E-state index is 11.4. The van der Waals surface area contributed by atoms with Crippen LogP contribution < -0.4 is 0 Å². The van der Waals surface area contributed by atoms with Crippen molar-refractivity contribution in [3.63, 3.8) is 0 Å². The van der Waals surface area contributed by atoms with Crippen molar-refractivity contribution in [2.45, 2.75) is 25.8 Å². The average molecular weight is 244 g/mol. The van der Waals surface area contributed by atoms with Crippen LogP contribution in [0.5, 0.6) is 0 Å². The number of carbonyl (C=O) groups is 1. The highest BCUT2D eigenvalue weighted by molar-refractivity contribution is 5.75. The van der Waals surface area contributed by atoms with Gasteiger partial charge in [-0.25, -0.2) is 4.98 Å². The fraction of sp³-hybridized carbons (Fsp3) is 0.286. The van der Waals surface area contributed by atoms with Crippen LogP contribution in [0, 0.1) is 0 Å². The third-order valence-electron chi connectivity index (χ3n) is 3.00. The number of hydrogen-bond donors (Lipinski definition) is 1. The van der Waals surface area contributed by atoms with Gasteiger partial charge in [0.15, 0.2) is 0 Å². The predicted octanol–water partition coefficient (Wildman–Crippen LogP) is 2.31. The van der Waals surface area contributed by atoms with Crippen molar-refractivity contribution in [3.8, 4) is 0 Å². The van der Waals surface area contributed by atoms with Crippen molar-refractivity contribution < 1.29 is 9.90 Å². The normalized spacial score (nSPS) is 12.3. The fourth-order valence-corrected chi connectivity index (χ4v) is 2.03. The Morgan fingerprint density at radius 2 is 2.11 bits per heavy atom. The van der Waals surface area contributed by atoms with Gasteiger partial charge in [-0.2, -0.15) is 0 Å². The molecule has 1 unspecified atom stereocenters. The van der Waals surface area contributed by atoms with Gasteiger partial charge in [0.2, 0.25) is 0 Å². The molecule has 2 aromatic rings. The number of benzene rings is 1. The molecule has 0 saturated heterocycles. The largest absolute Gasteiger partial charge is 0.481 e. The highest BCUT2D eigenvalue weighted by atomic mass is 16.4. The zero-order valence-electron chi connectivity index (χ0n) is 10.3. The molecule has 0 spiro atoms. The van der Waals surface area contributed by atoms with Gasteiger partial charge < -0.3 is 9.67 Å². The van der Waals surface area contributed by atoms with Crippen LogP contribution in [0.15, 0.2) is 42.7 Å². The van der Waals surface area contributed by atoms with Crippen LogP contribution in [0.1, 0.15) is 24.2 Å². The summed E-state index contributed by atoms with van der Waals surface area (Å²) in [7, 11) is 0. The fourth-order valence-electron chi connectivity index (χ4n) is 2.03. The molecule has 0 aliphatic rings. The van der Waals surface area contributed by atoms with E-state index in [1.807, 2.05) is 48.0 Å². The quantitative estimate of drug-likeness (QED) is 0.878. The van der Waals surface area contributed by atoms with Crippen LogP contribution in [0.3, 0.4) is 0 Å². The van der Waals surface area contributed by atoms with Gasteiger partial charge in [0.25, 0.3) is 0 Å². The van der Waals surface area contributed by atoms with E-state index in [0.29, 0.717) is 6.54 Å². The van der Waals surface area contributed by atoms with E-state index in [4.69, 9.17) is 0 Å². The second-order valence-corrected chi connectivity index (χ2v) is 4.15. The Balaban J connectivity index is 2.25. The lowest BCUT2D eigenvalue weighted by atomic mass is 9.99. The molecule has 4 heteroatoms. The van der Waals surface area contributed by atoms with Crippen LogP contribution in [-0.4, -0.2) is 20.6 Å². The Morgan fingerprint density at radius 1 is 1.39 bits per heavy atom. The Labute approximate surface area is 106 Å². The van der Waals surface area contributed by atoms with Crippen molar-refractivity contribution in [1.29, 1.82) is 0 Å². The van der Waals surface area contributed by atoms with E-state index in [2.05, 4.69) is 4.98 Å². The highest BCUT2D eigenvalue weighted by Gasteiger charge is 2.20. The van der Waals surface area contributed by atoms with Gasteiger partial charge in [-0.05, 0) is 5.56 Å². The minimum Gasteiger partial charge on any atom is -0.481 e. The Morgan fingerprint density at radius 3 is 2.72 bits per heavy atom. The van der Waals surface area contributed by atoms with Crippen molar-refractivity contribution in [2.24, 2.45) is 0 Å². The summed E-state index contributed by atoms with van der Waals surface area (Å²) < 4.78 is 1.91. The second-order valence-electron chi connectivity index (χ2n) is 4.15. The summed E-state index contributed by atoms with van der Waals surface area (Å²) in [4.78, 5) is 15.6. The van der Waals surface area contributed by atoms with Crippen molar-refractivity contribution >= 4 is 5.97 Å². The smallest absolute Gasteiger partial charge is 0.312 e. The molecular weight excluding hydrogens is 228 g/mol. The molecule has 2 rings (SSSR count). The molecule has 1 heterocycles.